The minimum atomic E-state index is -1.07. The third-order valence-corrected chi connectivity index (χ3v) is 3.22. The number of carbonyl (C=O) groups is 1. The van der Waals surface area contributed by atoms with Gasteiger partial charge >= 0.3 is 5.97 Å². The Kier molecular flexibility index (Phi) is 2.52. The summed E-state index contributed by atoms with van der Waals surface area (Å²) in [6.07, 6.45) is 0. The molecule has 80 valence electrons. The lowest BCUT2D eigenvalue weighted by Gasteiger charge is -2.37. The van der Waals surface area contributed by atoms with E-state index in [9.17, 15) is 9.18 Å². The molecule has 0 spiro atoms. The van der Waals surface area contributed by atoms with Gasteiger partial charge in [-0.05, 0) is 33.6 Å². The Labute approximate surface area is 94.0 Å². The quantitative estimate of drug-likeness (QED) is 0.897. The Morgan fingerprint density at radius 1 is 1.53 bits per heavy atom. The second kappa shape index (κ2) is 3.57. The fourth-order valence-electron chi connectivity index (χ4n) is 1.51. The fraction of sp³-hybridized carbons (Fsp3) is 0.300. The Bertz CT molecular complexity index is 415. The number of carboxylic acids is 1. The zero-order valence-corrected chi connectivity index (χ0v) is 9.25. The summed E-state index contributed by atoms with van der Waals surface area (Å²) in [5.74, 6) is -1.43. The summed E-state index contributed by atoms with van der Waals surface area (Å²) in [7, 11) is 0. The number of rotatable bonds is 2. The van der Waals surface area contributed by atoms with Gasteiger partial charge in [0.25, 0.3) is 0 Å². The molecule has 1 aliphatic rings. The number of halogens is 2. The first-order valence-corrected chi connectivity index (χ1v) is 5.12. The van der Waals surface area contributed by atoms with Gasteiger partial charge in [-0.2, -0.15) is 0 Å². The lowest BCUT2D eigenvalue weighted by molar-refractivity contribution is -0.163. The largest absolute Gasteiger partial charge is 0.480 e. The molecule has 0 radical (unpaired) electrons. The van der Waals surface area contributed by atoms with Crippen molar-refractivity contribution in [2.24, 2.45) is 0 Å². The highest BCUT2D eigenvalue weighted by Gasteiger charge is 2.48. The lowest BCUT2D eigenvalue weighted by atomic mass is 9.79. The molecule has 5 heteroatoms. The van der Waals surface area contributed by atoms with Gasteiger partial charge < -0.3 is 9.84 Å². The molecule has 0 unspecified atom stereocenters. The molecular weight excluding hydrogens is 267 g/mol. The van der Waals surface area contributed by atoms with E-state index in [2.05, 4.69) is 15.9 Å². The van der Waals surface area contributed by atoms with Crippen molar-refractivity contribution in [3.63, 3.8) is 0 Å². The number of aliphatic carboxylic acids is 1. The molecule has 0 bridgehead atoms. The van der Waals surface area contributed by atoms with E-state index >= 15 is 0 Å². The minimum absolute atomic E-state index is 0.101. The third kappa shape index (κ3) is 1.55. The Hall–Kier alpha value is -0.940. The molecule has 1 aromatic carbocycles. The van der Waals surface area contributed by atoms with Crippen LogP contribution in [0, 0.1) is 5.82 Å². The first-order valence-electron chi connectivity index (χ1n) is 4.33. The summed E-state index contributed by atoms with van der Waals surface area (Å²) in [6.45, 7) is 0.201. The standard InChI is InChI=1S/C10H8BrFO3/c11-7-2-1-6(3-8(7)12)10(9(13)14)4-15-5-10/h1-3H,4-5H2,(H,13,14). The van der Waals surface area contributed by atoms with Crippen molar-refractivity contribution in [2.75, 3.05) is 13.2 Å². The lowest BCUT2D eigenvalue weighted by Crippen LogP contribution is -2.53. The van der Waals surface area contributed by atoms with E-state index in [-0.39, 0.29) is 13.2 Å². The van der Waals surface area contributed by atoms with E-state index in [1.165, 1.54) is 12.1 Å². The van der Waals surface area contributed by atoms with Crippen molar-refractivity contribution >= 4 is 21.9 Å². The number of hydrogen-bond acceptors (Lipinski definition) is 2. The van der Waals surface area contributed by atoms with Gasteiger partial charge in [0.15, 0.2) is 0 Å². The average Bonchev–Trinajstić information content (AvgIpc) is 2.08. The molecule has 1 saturated heterocycles. The van der Waals surface area contributed by atoms with Crippen molar-refractivity contribution in [3.8, 4) is 0 Å². The van der Waals surface area contributed by atoms with Crippen LogP contribution in [0.2, 0.25) is 0 Å². The average molecular weight is 275 g/mol. The van der Waals surface area contributed by atoms with Crippen LogP contribution in [-0.2, 0) is 14.9 Å². The Balaban J connectivity index is 2.44. The third-order valence-electron chi connectivity index (χ3n) is 2.58. The van der Waals surface area contributed by atoms with Gasteiger partial charge in [-0.3, -0.25) is 4.79 Å². The maximum absolute atomic E-state index is 13.3. The van der Waals surface area contributed by atoms with Crippen molar-refractivity contribution in [2.45, 2.75) is 5.41 Å². The molecule has 0 amide bonds. The second-order valence-electron chi connectivity index (χ2n) is 3.51. The first-order chi connectivity index (χ1) is 7.06. The molecule has 0 atom stereocenters. The normalized spacial score (nSPS) is 18.3. The van der Waals surface area contributed by atoms with Gasteiger partial charge in [0, 0.05) is 0 Å². The maximum Gasteiger partial charge on any atom is 0.318 e. The number of hydrogen-bond donors (Lipinski definition) is 1. The minimum Gasteiger partial charge on any atom is -0.480 e. The van der Waals surface area contributed by atoms with E-state index in [1.54, 1.807) is 6.07 Å². The van der Waals surface area contributed by atoms with Crippen LogP contribution in [0.4, 0.5) is 4.39 Å². The van der Waals surface area contributed by atoms with Gasteiger partial charge in [0.2, 0.25) is 0 Å². The van der Waals surface area contributed by atoms with Crippen LogP contribution in [-0.4, -0.2) is 24.3 Å². The monoisotopic (exact) mass is 274 g/mol. The second-order valence-corrected chi connectivity index (χ2v) is 4.36. The molecule has 3 nitrogen and oxygen atoms in total. The van der Waals surface area contributed by atoms with Crippen LogP contribution in [0.1, 0.15) is 5.56 Å². The highest BCUT2D eigenvalue weighted by atomic mass is 79.9. The predicted molar refractivity (Wildman–Crippen MR) is 54.2 cm³/mol. The summed E-state index contributed by atoms with van der Waals surface area (Å²) in [6, 6.07) is 4.35. The van der Waals surface area contributed by atoms with Crippen molar-refractivity contribution in [3.05, 3.63) is 34.1 Å². The molecule has 2 rings (SSSR count). The van der Waals surface area contributed by atoms with Gasteiger partial charge in [0.1, 0.15) is 11.2 Å². The van der Waals surface area contributed by atoms with E-state index in [0.29, 0.717) is 10.0 Å². The highest BCUT2D eigenvalue weighted by molar-refractivity contribution is 9.10. The molecule has 15 heavy (non-hydrogen) atoms. The molecule has 0 aromatic heterocycles. The van der Waals surface area contributed by atoms with E-state index in [4.69, 9.17) is 9.84 Å². The number of ether oxygens (including phenoxy) is 1. The van der Waals surface area contributed by atoms with Gasteiger partial charge in [-0.25, -0.2) is 4.39 Å². The first kappa shape index (κ1) is 10.6. The number of benzene rings is 1. The molecule has 0 saturated carbocycles. The summed E-state index contributed by atoms with van der Waals surface area (Å²) in [5.41, 5.74) is -0.622. The number of carboxylic acid groups (broad SMARTS) is 1. The molecule has 1 aromatic rings. The van der Waals surface area contributed by atoms with Crippen LogP contribution in [0.3, 0.4) is 0 Å². The van der Waals surface area contributed by atoms with Crippen LogP contribution in [0.25, 0.3) is 0 Å². The molecule has 1 fully saturated rings. The van der Waals surface area contributed by atoms with Crippen LogP contribution in [0.15, 0.2) is 22.7 Å². The van der Waals surface area contributed by atoms with Crippen molar-refractivity contribution < 1.29 is 19.0 Å². The van der Waals surface area contributed by atoms with Crippen LogP contribution < -0.4 is 0 Å². The van der Waals surface area contributed by atoms with E-state index < -0.39 is 17.2 Å². The smallest absolute Gasteiger partial charge is 0.318 e. The van der Waals surface area contributed by atoms with Gasteiger partial charge in [-0.15, -0.1) is 0 Å². The van der Waals surface area contributed by atoms with Gasteiger partial charge in [-0.1, -0.05) is 6.07 Å². The Morgan fingerprint density at radius 2 is 2.20 bits per heavy atom. The van der Waals surface area contributed by atoms with Gasteiger partial charge in [0.05, 0.1) is 17.7 Å². The molecular formula is C10H8BrFO3. The summed E-state index contributed by atoms with van der Waals surface area (Å²) >= 11 is 3.02. The highest BCUT2D eigenvalue weighted by Crippen LogP contribution is 2.34. The maximum atomic E-state index is 13.3. The predicted octanol–water partition coefficient (Wildman–Crippen LogP) is 1.94. The van der Waals surface area contributed by atoms with E-state index in [0.717, 1.165) is 0 Å². The summed E-state index contributed by atoms with van der Waals surface area (Å²) in [5, 5.41) is 9.08. The molecule has 1 aliphatic heterocycles. The van der Waals surface area contributed by atoms with Crippen LogP contribution in [0.5, 0.6) is 0 Å². The van der Waals surface area contributed by atoms with Crippen LogP contribution >= 0.6 is 15.9 Å². The summed E-state index contributed by atoms with van der Waals surface area (Å²) < 4.78 is 18.5. The van der Waals surface area contributed by atoms with Crippen molar-refractivity contribution in [1.82, 2.24) is 0 Å². The fourth-order valence-corrected chi connectivity index (χ4v) is 1.76. The Morgan fingerprint density at radius 3 is 2.60 bits per heavy atom. The molecule has 1 heterocycles. The molecule has 0 aliphatic carbocycles. The zero-order chi connectivity index (χ0) is 11.1. The SMILES string of the molecule is O=C(O)C1(c2ccc(Br)c(F)c2)COC1. The van der Waals surface area contributed by atoms with E-state index in [1.807, 2.05) is 0 Å². The van der Waals surface area contributed by atoms with Crippen molar-refractivity contribution in [1.29, 1.82) is 0 Å². The molecule has 1 N–H and O–H groups in total. The summed E-state index contributed by atoms with van der Waals surface area (Å²) in [4.78, 5) is 11.1. The topological polar surface area (TPSA) is 46.5 Å². The zero-order valence-electron chi connectivity index (χ0n) is 7.67.